The zero-order chi connectivity index (χ0) is 17.4. The van der Waals surface area contributed by atoms with Crippen LogP contribution in [0.25, 0.3) is 11.0 Å². The van der Waals surface area contributed by atoms with Gasteiger partial charge in [-0.05, 0) is 43.7 Å². The van der Waals surface area contributed by atoms with E-state index in [1.165, 1.54) is 0 Å². The highest BCUT2D eigenvalue weighted by Crippen LogP contribution is 2.30. The molecule has 0 radical (unpaired) electrons. The third-order valence-electron chi connectivity index (χ3n) is 5.73. The van der Waals surface area contributed by atoms with Gasteiger partial charge in [-0.1, -0.05) is 25.0 Å². The Balaban J connectivity index is 1.47. The second-order valence-electron chi connectivity index (χ2n) is 7.38. The van der Waals surface area contributed by atoms with Crippen LogP contribution in [0.2, 0.25) is 0 Å². The lowest BCUT2D eigenvalue weighted by Crippen LogP contribution is -2.42. The molecule has 1 aromatic heterocycles. The smallest absolute Gasteiger partial charge is 0.306 e. The number of hydrogen-bond acceptors (Lipinski definition) is 3. The molecule has 0 atom stereocenters. The molecule has 1 saturated carbocycles. The number of para-hydroxylation sites is 2. The average Bonchev–Trinajstić information content (AvgIpc) is 3.21. The number of rotatable bonds is 4. The molecule has 1 aliphatic heterocycles. The number of nitrogens with zero attached hydrogens (tertiary/aromatic N) is 2. The Morgan fingerprint density at radius 2 is 1.72 bits per heavy atom. The van der Waals surface area contributed by atoms with Crippen molar-refractivity contribution in [3.8, 4) is 0 Å². The zero-order valence-corrected chi connectivity index (χ0v) is 15.2. The first-order valence-corrected chi connectivity index (χ1v) is 10.8. The standard InChI is InChI=1S/C18H25N3O3S/c22-18-19-16-7-3-4-8-17(16)21(18)15-9-11-20(12-10-15)25(23,24)13-14-5-1-2-6-14/h3-4,7-8,14-15H,1-2,5-6,9-13H2,(H,19,22). The molecule has 1 saturated heterocycles. The molecule has 0 unspecified atom stereocenters. The Kier molecular flexibility index (Phi) is 4.45. The van der Waals surface area contributed by atoms with Gasteiger partial charge in [-0.25, -0.2) is 17.5 Å². The van der Waals surface area contributed by atoms with Crippen LogP contribution in [0.15, 0.2) is 29.1 Å². The maximum absolute atomic E-state index is 12.7. The van der Waals surface area contributed by atoms with Crippen LogP contribution < -0.4 is 5.69 Å². The predicted octanol–water partition coefficient (Wildman–Crippen LogP) is 2.49. The number of imidazole rings is 1. The van der Waals surface area contributed by atoms with Crippen molar-refractivity contribution < 1.29 is 8.42 Å². The highest BCUT2D eigenvalue weighted by atomic mass is 32.2. The summed E-state index contributed by atoms with van der Waals surface area (Å²) in [5, 5.41) is 0. The molecule has 2 heterocycles. The monoisotopic (exact) mass is 363 g/mol. The Labute approximate surface area is 147 Å². The second kappa shape index (κ2) is 6.61. The van der Waals surface area contributed by atoms with Crippen molar-refractivity contribution >= 4 is 21.1 Å². The molecular formula is C18H25N3O3S. The maximum atomic E-state index is 12.7. The van der Waals surface area contributed by atoms with E-state index in [1.54, 1.807) is 8.87 Å². The summed E-state index contributed by atoms with van der Waals surface area (Å²) >= 11 is 0. The van der Waals surface area contributed by atoms with E-state index < -0.39 is 10.0 Å². The van der Waals surface area contributed by atoms with E-state index in [0.29, 0.717) is 37.6 Å². The molecule has 4 rings (SSSR count). The topological polar surface area (TPSA) is 75.2 Å². The molecule has 2 aliphatic rings. The van der Waals surface area contributed by atoms with Gasteiger partial charge in [-0.3, -0.25) is 4.57 Å². The molecule has 2 aromatic rings. The van der Waals surface area contributed by atoms with Crippen molar-refractivity contribution in [1.82, 2.24) is 13.9 Å². The highest BCUT2D eigenvalue weighted by Gasteiger charge is 2.32. The van der Waals surface area contributed by atoms with Gasteiger partial charge in [0, 0.05) is 19.1 Å². The summed E-state index contributed by atoms with van der Waals surface area (Å²) < 4.78 is 28.8. The van der Waals surface area contributed by atoms with E-state index in [9.17, 15) is 13.2 Å². The van der Waals surface area contributed by atoms with Crippen molar-refractivity contribution in [1.29, 1.82) is 0 Å². The van der Waals surface area contributed by atoms with Crippen molar-refractivity contribution in [3.05, 3.63) is 34.7 Å². The van der Waals surface area contributed by atoms with Crippen molar-refractivity contribution in [2.45, 2.75) is 44.6 Å². The predicted molar refractivity (Wildman–Crippen MR) is 98.1 cm³/mol. The SMILES string of the molecule is O=c1[nH]c2ccccc2n1C1CCN(S(=O)(=O)CC2CCCC2)CC1. The number of aromatic nitrogens is 2. The van der Waals surface area contributed by atoms with E-state index in [0.717, 1.165) is 36.7 Å². The normalized spacial score (nSPS) is 21.3. The lowest BCUT2D eigenvalue weighted by molar-refractivity contribution is 0.273. The molecular weight excluding hydrogens is 338 g/mol. The first kappa shape index (κ1) is 16.8. The molecule has 6 nitrogen and oxygen atoms in total. The van der Waals surface area contributed by atoms with Crippen LogP contribution in [0.3, 0.4) is 0 Å². The summed E-state index contributed by atoms with van der Waals surface area (Å²) in [5.41, 5.74) is 1.64. The Hall–Kier alpha value is -1.60. The van der Waals surface area contributed by atoms with Gasteiger partial charge in [-0.2, -0.15) is 0 Å². The van der Waals surface area contributed by atoms with Gasteiger partial charge in [0.05, 0.1) is 16.8 Å². The minimum atomic E-state index is -3.17. The van der Waals surface area contributed by atoms with Crippen LogP contribution >= 0.6 is 0 Å². The molecule has 0 spiro atoms. The van der Waals surface area contributed by atoms with Gasteiger partial charge < -0.3 is 4.98 Å². The van der Waals surface area contributed by atoms with Gasteiger partial charge in [0.15, 0.2) is 0 Å². The van der Waals surface area contributed by atoms with Crippen LogP contribution in [-0.4, -0.2) is 41.1 Å². The number of hydrogen-bond donors (Lipinski definition) is 1. The second-order valence-corrected chi connectivity index (χ2v) is 9.39. The number of piperidine rings is 1. The van der Waals surface area contributed by atoms with E-state index in [2.05, 4.69) is 4.98 Å². The quantitative estimate of drug-likeness (QED) is 0.907. The Morgan fingerprint density at radius 3 is 2.44 bits per heavy atom. The van der Waals surface area contributed by atoms with E-state index in [1.807, 2.05) is 24.3 Å². The summed E-state index contributed by atoms with van der Waals surface area (Å²) in [6, 6.07) is 7.72. The lowest BCUT2D eigenvalue weighted by atomic mass is 10.1. The molecule has 1 aliphatic carbocycles. The lowest BCUT2D eigenvalue weighted by Gasteiger charge is -2.32. The highest BCUT2D eigenvalue weighted by molar-refractivity contribution is 7.89. The maximum Gasteiger partial charge on any atom is 0.326 e. The van der Waals surface area contributed by atoms with Crippen LogP contribution in [0.1, 0.15) is 44.6 Å². The van der Waals surface area contributed by atoms with Crippen LogP contribution in [0.4, 0.5) is 0 Å². The average molecular weight is 363 g/mol. The van der Waals surface area contributed by atoms with E-state index in [4.69, 9.17) is 0 Å². The number of fused-ring (bicyclic) bond motifs is 1. The fourth-order valence-corrected chi connectivity index (χ4v) is 6.30. The Bertz CT molecular complexity index is 901. The van der Waals surface area contributed by atoms with Gasteiger partial charge in [0.2, 0.25) is 10.0 Å². The van der Waals surface area contributed by atoms with Crippen molar-refractivity contribution in [2.24, 2.45) is 5.92 Å². The summed E-state index contributed by atoms with van der Waals surface area (Å²) in [6.07, 6.45) is 5.77. The number of H-pyrrole nitrogens is 1. The number of aromatic amines is 1. The van der Waals surface area contributed by atoms with Gasteiger partial charge in [-0.15, -0.1) is 0 Å². The molecule has 1 aromatic carbocycles. The first-order valence-electron chi connectivity index (χ1n) is 9.22. The van der Waals surface area contributed by atoms with Crippen LogP contribution in [0, 0.1) is 5.92 Å². The van der Waals surface area contributed by atoms with Gasteiger partial charge >= 0.3 is 5.69 Å². The molecule has 1 N–H and O–H groups in total. The van der Waals surface area contributed by atoms with E-state index >= 15 is 0 Å². The molecule has 7 heteroatoms. The Morgan fingerprint density at radius 1 is 1.04 bits per heavy atom. The molecule has 25 heavy (non-hydrogen) atoms. The van der Waals surface area contributed by atoms with Crippen molar-refractivity contribution in [3.63, 3.8) is 0 Å². The minimum Gasteiger partial charge on any atom is -0.306 e. The van der Waals surface area contributed by atoms with E-state index in [-0.39, 0.29) is 11.7 Å². The largest absolute Gasteiger partial charge is 0.326 e. The summed E-state index contributed by atoms with van der Waals surface area (Å²) in [6.45, 7) is 1.01. The summed E-state index contributed by atoms with van der Waals surface area (Å²) in [5.74, 6) is 0.629. The molecule has 0 amide bonds. The van der Waals surface area contributed by atoms with Crippen LogP contribution in [-0.2, 0) is 10.0 Å². The van der Waals surface area contributed by atoms with Crippen molar-refractivity contribution in [2.75, 3.05) is 18.8 Å². The molecule has 0 bridgehead atoms. The summed E-state index contributed by atoms with van der Waals surface area (Å²) in [4.78, 5) is 15.2. The van der Waals surface area contributed by atoms with Gasteiger partial charge in [0.25, 0.3) is 0 Å². The first-order chi connectivity index (χ1) is 12.0. The third-order valence-corrected chi connectivity index (χ3v) is 7.77. The number of nitrogens with one attached hydrogen (secondary N) is 1. The fraction of sp³-hybridized carbons (Fsp3) is 0.611. The minimum absolute atomic E-state index is 0.0570. The zero-order valence-electron chi connectivity index (χ0n) is 14.4. The van der Waals surface area contributed by atoms with Crippen LogP contribution in [0.5, 0.6) is 0 Å². The third kappa shape index (κ3) is 3.27. The number of sulfonamides is 1. The number of benzene rings is 1. The van der Waals surface area contributed by atoms with Gasteiger partial charge in [0.1, 0.15) is 0 Å². The molecule has 136 valence electrons. The summed E-state index contributed by atoms with van der Waals surface area (Å²) in [7, 11) is -3.17. The molecule has 2 fully saturated rings. The fourth-order valence-electron chi connectivity index (χ4n) is 4.40.